The Labute approximate surface area is 117 Å². The third kappa shape index (κ3) is 3.91. The highest BCUT2D eigenvalue weighted by Gasteiger charge is 2.27. The minimum absolute atomic E-state index is 0.0551. The van der Waals surface area contributed by atoms with Gasteiger partial charge in [0, 0.05) is 25.7 Å². The number of aryl methyl sites for hydroxylation is 1. The van der Waals surface area contributed by atoms with E-state index in [9.17, 15) is 9.59 Å². The standard InChI is InChI=1S/C13H18N4O3/c1-9-14-4-2-11(16-9)7-15-13(20)17-5-3-10(8-17)6-12(18)19/h2,4,10H,3,5-8H2,1H3,(H,15,20)(H,18,19). The second-order valence-corrected chi connectivity index (χ2v) is 4.95. The molecule has 0 spiro atoms. The van der Waals surface area contributed by atoms with Crippen molar-refractivity contribution in [3.8, 4) is 0 Å². The lowest BCUT2D eigenvalue weighted by atomic mass is 10.1. The third-order valence-electron chi connectivity index (χ3n) is 3.29. The molecule has 2 rings (SSSR count). The first kappa shape index (κ1) is 14.2. The van der Waals surface area contributed by atoms with E-state index in [1.165, 1.54) is 0 Å². The minimum Gasteiger partial charge on any atom is -0.481 e. The lowest BCUT2D eigenvalue weighted by Gasteiger charge is -2.17. The maximum Gasteiger partial charge on any atom is 0.317 e. The minimum atomic E-state index is -0.811. The largest absolute Gasteiger partial charge is 0.481 e. The molecule has 1 aromatic rings. The van der Waals surface area contributed by atoms with Crippen LogP contribution in [0.4, 0.5) is 4.79 Å². The maximum absolute atomic E-state index is 12.0. The Kier molecular flexibility index (Phi) is 4.49. The number of carboxylic acid groups (broad SMARTS) is 1. The first-order valence-corrected chi connectivity index (χ1v) is 6.57. The van der Waals surface area contributed by atoms with Crippen LogP contribution in [0.5, 0.6) is 0 Å². The number of nitrogens with one attached hydrogen (secondary N) is 1. The Morgan fingerprint density at radius 2 is 2.35 bits per heavy atom. The normalized spacial score (nSPS) is 18.1. The number of hydrogen-bond donors (Lipinski definition) is 2. The summed E-state index contributed by atoms with van der Waals surface area (Å²) in [5.41, 5.74) is 0.757. The van der Waals surface area contributed by atoms with E-state index < -0.39 is 5.97 Å². The number of hydrogen-bond acceptors (Lipinski definition) is 4. The first-order valence-electron chi connectivity index (χ1n) is 6.57. The number of carbonyl (C=O) groups is 2. The number of aromatic nitrogens is 2. The Bertz CT molecular complexity index is 506. The van der Waals surface area contributed by atoms with Gasteiger partial charge in [0.15, 0.2) is 0 Å². The van der Waals surface area contributed by atoms with Gasteiger partial charge in [-0.3, -0.25) is 4.79 Å². The van der Waals surface area contributed by atoms with Crippen LogP contribution >= 0.6 is 0 Å². The number of amides is 2. The zero-order valence-electron chi connectivity index (χ0n) is 11.4. The van der Waals surface area contributed by atoms with Crippen LogP contribution in [0.25, 0.3) is 0 Å². The molecular formula is C13H18N4O3. The van der Waals surface area contributed by atoms with Gasteiger partial charge in [-0.05, 0) is 25.3 Å². The van der Waals surface area contributed by atoms with E-state index in [0.717, 1.165) is 12.1 Å². The quantitative estimate of drug-likeness (QED) is 0.849. The third-order valence-corrected chi connectivity index (χ3v) is 3.29. The zero-order valence-corrected chi connectivity index (χ0v) is 11.4. The van der Waals surface area contributed by atoms with Gasteiger partial charge in [-0.1, -0.05) is 0 Å². The van der Waals surface area contributed by atoms with E-state index in [-0.39, 0.29) is 18.4 Å². The van der Waals surface area contributed by atoms with Crippen LogP contribution in [-0.2, 0) is 11.3 Å². The molecule has 7 nitrogen and oxygen atoms in total. The van der Waals surface area contributed by atoms with Crippen LogP contribution in [-0.4, -0.2) is 45.1 Å². The summed E-state index contributed by atoms with van der Waals surface area (Å²) in [6.45, 7) is 3.25. The smallest absolute Gasteiger partial charge is 0.317 e. The fourth-order valence-electron chi connectivity index (χ4n) is 2.31. The molecule has 2 N–H and O–H groups in total. The number of carbonyl (C=O) groups excluding carboxylic acids is 1. The van der Waals surface area contributed by atoms with E-state index in [4.69, 9.17) is 5.11 Å². The summed E-state index contributed by atoms with van der Waals surface area (Å²) in [7, 11) is 0. The molecule has 1 aliphatic rings. The lowest BCUT2D eigenvalue weighted by molar-refractivity contribution is -0.138. The van der Waals surface area contributed by atoms with Crippen molar-refractivity contribution in [3.63, 3.8) is 0 Å². The average molecular weight is 278 g/mol. The molecule has 0 aliphatic carbocycles. The summed E-state index contributed by atoms with van der Waals surface area (Å²) in [6.07, 6.45) is 2.52. The molecule has 0 saturated carbocycles. The monoisotopic (exact) mass is 278 g/mol. The number of urea groups is 1. The van der Waals surface area contributed by atoms with Crippen molar-refractivity contribution in [2.75, 3.05) is 13.1 Å². The molecule has 0 aromatic carbocycles. The molecule has 108 valence electrons. The van der Waals surface area contributed by atoms with Gasteiger partial charge in [0.05, 0.1) is 12.2 Å². The molecule has 1 atom stereocenters. The van der Waals surface area contributed by atoms with E-state index >= 15 is 0 Å². The van der Waals surface area contributed by atoms with Crippen molar-refractivity contribution in [2.24, 2.45) is 5.92 Å². The molecule has 7 heteroatoms. The number of nitrogens with zero attached hydrogens (tertiary/aromatic N) is 3. The van der Waals surface area contributed by atoms with E-state index in [1.807, 2.05) is 0 Å². The summed E-state index contributed by atoms with van der Waals surface area (Å²) in [5, 5.41) is 11.5. The van der Waals surface area contributed by atoms with Gasteiger partial charge in [0.25, 0.3) is 0 Å². The predicted molar refractivity (Wildman–Crippen MR) is 70.9 cm³/mol. The van der Waals surface area contributed by atoms with Crippen LogP contribution in [0, 0.1) is 12.8 Å². The fraction of sp³-hybridized carbons (Fsp3) is 0.538. The molecule has 2 heterocycles. The second kappa shape index (κ2) is 6.31. The van der Waals surface area contributed by atoms with Crippen LogP contribution in [0.15, 0.2) is 12.3 Å². The maximum atomic E-state index is 12.0. The van der Waals surface area contributed by atoms with Gasteiger partial charge in [-0.2, -0.15) is 0 Å². The molecule has 1 aliphatic heterocycles. The topological polar surface area (TPSA) is 95.4 Å². The van der Waals surface area contributed by atoms with Gasteiger partial charge < -0.3 is 15.3 Å². The highest BCUT2D eigenvalue weighted by molar-refractivity contribution is 5.74. The molecule has 2 amide bonds. The highest BCUT2D eigenvalue weighted by Crippen LogP contribution is 2.19. The van der Waals surface area contributed by atoms with Gasteiger partial charge in [0.1, 0.15) is 5.82 Å². The summed E-state index contributed by atoms with van der Waals surface area (Å²) in [4.78, 5) is 32.5. The summed E-state index contributed by atoms with van der Waals surface area (Å²) in [6, 6.07) is 1.58. The second-order valence-electron chi connectivity index (χ2n) is 4.95. The molecule has 0 radical (unpaired) electrons. The van der Waals surface area contributed by atoms with Crippen molar-refractivity contribution in [3.05, 3.63) is 23.8 Å². The number of aliphatic carboxylic acids is 1. The molecule has 1 aromatic heterocycles. The van der Waals surface area contributed by atoms with Crippen LogP contribution in [0.3, 0.4) is 0 Å². The van der Waals surface area contributed by atoms with E-state index in [2.05, 4.69) is 15.3 Å². The summed E-state index contributed by atoms with van der Waals surface area (Å²) in [5.74, 6) is -0.0901. The zero-order chi connectivity index (χ0) is 14.5. The Hall–Kier alpha value is -2.18. The van der Waals surface area contributed by atoms with Crippen molar-refractivity contribution in [1.82, 2.24) is 20.2 Å². The van der Waals surface area contributed by atoms with Crippen molar-refractivity contribution in [1.29, 1.82) is 0 Å². The van der Waals surface area contributed by atoms with Gasteiger partial charge >= 0.3 is 12.0 Å². The Morgan fingerprint density at radius 1 is 1.55 bits per heavy atom. The van der Waals surface area contributed by atoms with Gasteiger partial charge in [0.2, 0.25) is 0 Å². The molecule has 1 fully saturated rings. The molecular weight excluding hydrogens is 260 g/mol. The van der Waals surface area contributed by atoms with Crippen LogP contribution in [0.2, 0.25) is 0 Å². The van der Waals surface area contributed by atoms with Crippen molar-refractivity contribution < 1.29 is 14.7 Å². The van der Waals surface area contributed by atoms with Gasteiger partial charge in [-0.15, -0.1) is 0 Å². The van der Waals surface area contributed by atoms with Gasteiger partial charge in [-0.25, -0.2) is 14.8 Å². The fourth-order valence-corrected chi connectivity index (χ4v) is 2.31. The molecule has 1 unspecified atom stereocenters. The summed E-state index contributed by atoms with van der Waals surface area (Å²) < 4.78 is 0. The highest BCUT2D eigenvalue weighted by atomic mass is 16.4. The van der Waals surface area contributed by atoms with E-state index in [1.54, 1.807) is 24.1 Å². The molecule has 0 bridgehead atoms. The van der Waals surface area contributed by atoms with Crippen LogP contribution < -0.4 is 5.32 Å². The van der Waals surface area contributed by atoms with E-state index in [0.29, 0.717) is 25.5 Å². The van der Waals surface area contributed by atoms with Crippen molar-refractivity contribution in [2.45, 2.75) is 26.3 Å². The SMILES string of the molecule is Cc1nccc(CNC(=O)N2CCC(CC(=O)O)C2)n1. The Balaban J connectivity index is 1.80. The van der Waals surface area contributed by atoms with Crippen molar-refractivity contribution >= 4 is 12.0 Å². The number of carboxylic acids is 1. The average Bonchev–Trinajstić information content (AvgIpc) is 2.84. The molecule has 1 saturated heterocycles. The number of likely N-dealkylation sites (tertiary alicyclic amines) is 1. The van der Waals surface area contributed by atoms with Crippen LogP contribution in [0.1, 0.15) is 24.4 Å². The molecule has 20 heavy (non-hydrogen) atoms. The Morgan fingerprint density at radius 3 is 3.05 bits per heavy atom. The predicted octanol–water partition coefficient (Wildman–Crippen LogP) is 0.791. The first-order chi connectivity index (χ1) is 9.54. The summed E-state index contributed by atoms with van der Waals surface area (Å²) >= 11 is 0. The lowest BCUT2D eigenvalue weighted by Crippen LogP contribution is -2.38. The number of rotatable bonds is 4.